The van der Waals surface area contributed by atoms with Gasteiger partial charge < -0.3 is 10.5 Å². The van der Waals surface area contributed by atoms with E-state index in [0.717, 1.165) is 24.3 Å². The number of allylic oxidation sites excluding steroid dienone is 3. The molecular formula is C10H15NO. The summed E-state index contributed by atoms with van der Waals surface area (Å²) in [4.78, 5) is 0. The van der Waals surface area contributed by atoms with E-state index in [1.54, 1.807) is 0 Å². The molecule has 2 heteroatoms. The van der Waals surface area contributed by atoms with Crippen LogP contribution in [0.3, 0.4) is 0 Å². The number of ether oxygens (including phenoxy) is 1. The maximum atomic E-state index is 5.81. The zero-order chi connectivity index (χ0) is 8.77. The van der Waals surface area contributed by atoms with Crippen molar-refractivity contribution in [2.24, 2.45) is 11.7 Å². The molecule has 12 heavy (non-hydrogen) atoms. The van der Waals surface area contributed by atoms with Crippen LogP contribution in [0.1, 0.15) is 26.7 Å². The number of fused-ring (bicyclic) bond motifs is 1. The zero-order valence-electron chi connectivity index (χ0n) is 7.63. The minimum Gasteiger partial charge on any atom is -0.490 e. The maximum Gasteiger partial charge on any atom is 0.123 e. The standard InChI is InChI=1S/C10H15NO/c1-10(2)6-7-4-3-5-8(11)9(7)12-10/h3,5,7H,4,6,11H2,1-2H3. The van der Waals surface area contributed by atoms with Crippen LogP contribution in [-0.4, -0.2) is 5.60 Å². The van der Waals surface area contributed by atoms with Crippen molar-refractivity contribution in [1.82, 2.24) is 0 Å². The molecule has 1 saturated heterocycles. The summed E-state index contributed by atoms with van der Waals surface area (Å²) in [5.41, 5.74) is 6.61. The maximum absolute atomic E-state index is 5.81. The van der Waals surface area contributed by atoms with Gasteiger partial charge in [-0.05, 0) is 32.8 Å². The fraction of sp³-hybridized carbons (Fsp3) is 0.600. The van der Waals surface area contributed by atoms with Crippen LogP contribution in [0.4, 0.5) is 0 Å². The summed E-state index contributed by atoms with van der Waals surface area (Å²) in [6.07, 6.45) is 6.26. The summed E-state index contributed by atoms with van der Waals surface area (Å²) < 4.78 is 5.77. The van der Waals surface area contributed by atoms with Crippen LogP contribution in [-0.2, 0) is 4.74 Å². The second-order valence-corrected chi connectivity index (χ2v) is 4.22. The molecule has 0 radical (unpaired) electrons. The third kappa shape index (κ3) is 1.11. The first-order valence-electron chi connectivity index (χ1n) is 4.44. The summed E-state index contributed by atoms with van der Waals surface area (Å²) >= 11 is 0. The second kappa shape index (κ2) is 2.28. The highest BCUT2D eigenvalue weighted by atomic mass is 16.5. The quantitative estimate of drug-likeness (QED) is 0.595. The smallest absolute Gasteiger partial charge is 0.123 e. The predicted octanol–water partition coefficient (Wildman–Crippen LogP) is 1.93. The molecule has 1 unspecified atom stereocenters. The Morgan fingerprint density at radius 2 is 2.33 bits per heavy atom. The summed E-state index contributed by atoms with van der Waals surface area (Å²) in [5.74, 6) is 1.55. The lowest BCUT2D eigenvalue weighted by Gasteiger charge is -2.17. The third-order valence-corrected chi connectivity index (χ3v) is 2.50. The van der Waals surface area contributed by atoms with Crippen LogP contribution in [0.2, 0.25) is 0 Å². The topological polar surface area (TPSA) is 35.2 Å². The largest absolute Gasteiger partial charge is 0.490 e. The Hall–Kier alpha value is -0.920. The molecule has 1 aliphatic heterocycles. The van der Waals surface area contributed by atoms with E-state index in [9.17, 15) is 0 Å². The molecule has 0 aromatic heterocycles. The lowest BCUT2D eigenvalue weighted by Crippen LogP contribution is -2.16. The van der Waals surface area contributed by atoms with Crippen molar-refractivity contribution in [3.05, 3.63) is 23.6 Å². The molecule has 2 nitrogen and oxygen atoms in total. The van der Waals surface area contributed by atoms with E-state index in [-0.39, 0.29) is 5.60 Å². The molecule has 2 N–H and O–H groups in total. The average Bonchev–Trinajstić information content (AvgIpc) is 2.25. The highest BCUT2D eigenvalue weighted by Gasteiger charge is 2.38. The summed E-state index contributed by atoms with van der Waals surface area (Å²) in [5, 5.41) is 0. The van der Waals surface area contributed by atoms with Gasteiger partial charge in [-0.25, -0.2) is 0 Å². The molecule has 2 rings (SSSR count). The normalized spacial score (nSPS) is 31.7. The first kappa shape index (κ1) is 7.71. The van der Waals surface area contributed by atoms with Gasteiger partial charge in [-0.1, -0.05) is 6.08 Å². The van der Waals surface area contributed by atoms with Crippen molar-refractivity contribution in [3.63, 3.8) is 0 Å². The Labute approximate surface area is 73.1 Å². The van der Waals surface area contributed by atoms with Crippen molar-refractivity contribution >= 4 is 0 Å². The van der Waals surface area contributed by atoms with E-state index in [1.165, 1.54) is 0 Å². The number of hydrogen-bond acceptors (Lipinski definition) is 2. The predicted molar refractivity (Wildman–Crippen MR) is 48.2 cm³/mol. The monoisotopic (exact) mass is 165 g/mol. The molecule has 66 valence electrons. The molecule has 1 heterocycles. The molecule has 0 aromatic rings. The molecule has 1 aliphatic carbocycles. The van der Waals surface area contributed by atoms with E-state index in [0.29, 0.717) is 5.92 Å². The summed E-state index contributed by atoms with van der Waals surface area (Å²) in [7, 11) is 0. The van der Waals surface area contributed by atoms with Gasteiger partial charge in [-0.2, -0.15) is 0 Å². The van der Waals surface area contributed by atoms with Crippen LogP contribution in [0, 0.1) is 5.92 Å². The lowest BCUT2D eigenvalue weighted by molar-refractivity contribution is 0.0751. The van der Waals surface area contributed by atoms with Crippen molar-refractivity contribution in [3.8, 4) is 0 Å². The average molecular weight is 165 g/mol. The van der Waals surface area contributed by atoms with Gasteiger partial charge in [0.1, 0.15) is 11.4 Å². The van der Waals surface area contributed by atoms with Crippen LogP contribution < -0.4 is 5.73 Å². The van der Waals surface area contributed by atoms with E-state index in [4.69, 9.17) is 10.5 Å². The van der Waals surface area contributed by atoms with E-state index >= 15 is 0 Å². The molecule has 0 amide bonds. The van der Waals surface area contributed by atoms with Gasteiger partial charge in [0, 0.05) is 5.92 Å². The van der Waals surface area contributed by atoms with Gasteiger partial charge in [0.05, 0.1) is 5.70 Å². The Balaban J connectivity index is 2.31. The van der Waals surface area contributed by atoms with Crippen molar-refractivity contribution in [1.29, 1.82) is 0 Å². The van der Waals surface area contributed by atoms with Crippen LogP contribution in [0.25, 0.3) is 0 Å². The molecule has 2 aliphatic rings. The number of rotatable bonds is 0. The first-order chi connectivity index (χ1) is 5.58. The van der Waals surface area contributed by atoms with Crippen molar-refractivity contribution in [2.45, 2.75) is 32.3 Å². The van der Waals surface area contributed by atoms with E-state index < -0.39 is 0 Å². The number of nitrogens with two attached hydrogens (primary N) is 1. The van der Waals surface area contributed by atoms with Crippen molar-refractivity contribution < 1.29 is 4.74 Å². The van der Waals surface area contributed by atoms with Gasteiger partial charge in [0.15, 0.2) is 0 Å². The Morgan fingerprint density at radius 1 is 1.58 bits per heavy atom. The van der Waals surface area contributed by atoms with E-state index in [2.05, 4.69) is 19.9 Å². The molecule has 0 bridgehead atoms. The molecule has 0 saturated carbocycles. The molecular weight excluding hydrogens is 150 g/mol. The Kier molecular flexibility index (Phi) is 1.47. The lowest BCUT2D eigenvalue weighted by atomic mass is 9.91. The van der Waals surface area contributed by atoms with E-state index in [1.807, 2.05) is 6.08 Å². The fourth-order valence-electron chi connectivity index (χ4n) is 2.04. The highest BCUT2D eigenvalue weighted by Crippen LogP contribution is 2.41. The van der Waals surface area contributed by atoms with Crippen LogP contribution in [0.5, 0.6) is 0 Å². The molecule has 0 aromatic carbocycles. The highest BCUT2D eigenvalue weighted by molar-refractivity contribution is 5.28. The minimum absolute atomic E-state index is 0.0172. The Bertz CT molecular complexity index is 263. The van der Waals surface area contributed by atoms with Gasteiger partial charge in [-0.3, -0.25) is 0 Å². The second-order valence-electron chi connectivity index (χ2n) is 4.22. The third-order valence-electron chi connectivity index (χ3n) is 2.50. The van der Waals surface area contributed by atoms with Gasteiger partial charge in [0.25, 0.3) is 0 Å². The van der Waals surface area contributed by atoms with Gasteiger partial charge in [-0.15, -0.1) is 0 Å². The zero-order valence-corrected chi connectivity index (χ0v) is 7.63. The van der Waals surface area contributed by atoms with Crippen LogP contribution >= 0.6 is 0 Å². The molecule has 1 atom stereocenters. The fourth-order valence-corrected chi connectivity index (χ4v) is 2.04. The van der Waals surface area contributed by atoms with Crippen LogP contribution in [0.15, 0.2) is 23.6 Å². The van der Waals surface area contributed by atoms with Crippen molar-refractivity contribution in [2.75, 3.05) is 0 Å². The van der Waals surface area contributed by atoms with Gasteiger partial charge >= 0.3 is 0 Å². The molecule has 0 spiro atoms. The van der Waals surface area contributed by atoms with Gasteiger partial charge in [0.2, 0.25) is 0 Å². The molecule has 1 fully saturated rings. The Morgan fingerprint density at radius 3 is 3.00 bits per heavy atom. The first-order valence-corrected chi connectivity index (χ1v) is 4.44. The summed E-state index contributed by atoms with van der Waals surface area (Å²) in [6.45, 7) is 4.23. The SMILES string of the molecule is CC1(C)CC2CC=CC(N)=C2O1. The minimum atomic E-state index is -0.0172. The number of hydrogen-bond donors (Lipinski definition) is 1. The summed E-state index contributed by atoms with van der Waals surface area (Å²) in [6, 6.07) is 0.